The Bertz CT molecular complexity index is 721. The third kappa shape index (κ3) is 2.37. The summed E-state index contributed by atoms with van der Waals surface area (Å²) in [6.45, 7) is 0.390. The molecule has 0 spiro atoms. The number of nitrogens with two attached hydrogens (primary N) is 1. The second-order valence-electron chi connectivity index (χ2n) is 4.23. The third-order valence-corrected chi connectivity index (χ3v) is 3.13. The van der Waals surface area contributed by atoms with Gasteiger partial charge in [-0.2, -0.15) is 0 Å². The topological polar surface area (TPSA) is 48.4 Å². The first-order chi connectivity index (χ1) is 9.24. The van der Waals surface area contributed by atoms with Crippen molar-refractivity contribution in [1.29, 1.82) is 0 Å². The third-order valence-electron chi connectivity index (χ3n) is 2.90. The van der Waals surface area contributed by atoms with Gasteiger partial charge in [0, 0.05) is 21.7 Å². The predicted molar refractivity (Wildman–Crippen MR) is 76.4 cm³/mol. The molecule has 2 N–H and O–H groups in total. The van der Waals surface area contributed by atoms with Gasteiger partial charge in [0.1, 0.15) is 17.9 Å². The average molecular weight is 274 g/mol. The lowest BCUT2D eigenvalue weighted by atomic mass is 10.1. The Morgan fingerprint density at radius 3 is 2.84 bits per heavy atom. The van der Waals surface area contributed by atoms with E-state index in [1.54, 1.807) is 18.4 Å². The Hall–Kier alpha value is -2.13. The number of anilines is 1. The van der Waals surface area contributed by atoms with Crippen molar-refractivity contribution < 1.29 is 9.15 Å². The molecule has 3 nitrogen and oxygen atoms in total. The zero-order valence-electron chi connectivity index (χ0n) is 10.1. The number of fused-ring (bicyclic) bond motifs is 1. The van der Waals surface area contributed by atoms with E-state index in [4.69, 9.17) is 26.5 Å². The highest BCUT2D eigenvalue weighted by Gasteiger charge is 2.09. The van der Waals surface area contributed by atoms with E-state index in [9.17, 15) is 0 Å². The van der Waals surface area contributed by atoms with Gasteiger partial charge in [-0.25, -0.2) is 0 Å². The summed E-state index contributed by atoms with van der Waals surface area (Å²) >= 11 is 5.91. The van der Waals surface area contributed by atoms with Crippen molar-refractivity contribution in [3.8, 4) is 5.75 Å². The molecule has 1 heterocycles. The molecule has 0 fully saturated rings. The number of furan rings is 1. The molecule has 0 aliphatic carbocycles. The monoisotopic (exact) mass is 273 g/mol. The van der Waals surface area contributed by atoms with Crippen molar-refractivity contribution >= 4 is 28.3 Å². The molecule has 2 aromatic carbocycles. The number of ether oxygens (including phenoxy) is 1. The summed E-state index contributed by atoms with van der Waals surface area (Å²) in [6, 6.07) is 12.9. The van der Waals surface area contributed by atoms with Crippen LogP contribution in [0.15, 0.2) is 53.1 Å². The SMILES string of the molecule is Nc1cccc2occ(COc3cccc(Cl)c3)c12. The minimum absolute atomic E-state index is 0.390. The molecule has 0 amide bonds. The molecule has 4 heteroatoms. The van der Waals surface area contributed by atoms with Gasteiger partial charge in [0.05, 0.1) is 6.26 Å². The summed E-state index contributed by atoms with van der Waals surface area (Å²) in [5.74, 6) is 0.719. The molecule has 0 bridgehead atoms. The number of halogens is 1. The zero-order valence-corrected chi connectivity index (χ0v) is 10.9. The van der Waals surface area contributed by atoms with Crippen molar-refractivity contribution in [1.82, 2.24) is 0 Å². The number of hydrogen-bond donors (Lipinski definition) is 1. The standard InChI is InChI=1S/C15H12ClNO2/c16-11-3-1-4-12(7-11)18-8-10-9-19-14-6-2-5-13(17)15(10)14/h1-7,9H,8,17H2. The summed E-state index contributed by atoms with van der Waals surface area (Å²) in [5.41, 5.74) is 8.34. The Balaban J connectivity index is 1.86. The molecule has 0 saturated heterocycles. The fraction of sp³-hybridized carbons (Fsp3) is 0.0667. The first kappa shape index (κ1) is 11.9. The van der Waals surface area contributed by atoms with Gasteiger partial charge >= 0.3 is 0 Å². The molecular weight excluding hydrogens is 262 g/mol. The van der Waals surface area contributed by atoms with Crippen molar-refractivity contribution in [3.63, 3.8) is 0 Å². The fourth-order valence-electron chi connectivity index (χ4n) is 2.01. The van der Waals surface area contributed by atoms with Crippen LogP contribution in [0.2, 0.25) is 5.02 Å². The highest BCUT2D eigenvalue weighted by Crippen LogP contribution is 2.28. The van der Waals surface area contributed by atoms with Crippen LogP contribution >= 0.6 is 11.6 Å². The van der Waals surface area contributed by atoms with Gasteiger partial charge in [0.25, 0.3) is 0 Å². The maximum Gasteiger partial charge on any atom is 0.136 e. The lowest BCUT2D eigenvalue weighted by Gasteiger charge is -2.05. The van der Waals surface area contributed by atoms with Crippen LogP contribution in [0.1, 0.15) is 5.56 Å². The Morgan fingerprint density at radius 1 is 1.16 bits per heavy atom. The van der Waals surface area contributed by atoms with E-state index in [2.05, 4.69) is 0 Å². The van der Waals surface area contributed by atoms with Gasteiger partial charge in [0.15, 0.2) is 0 Å². The average Bonchev–Trinajstić information content (AvgIpc) is 2.81. The Labute approximate surface area is 115 Å². The van der Waals surface area contributed by atoms with Crippen LogP contribution in [0, 0.1) is 0 Å². The molecule has 1 aromatic heterocycles. The van der Waals surface area contributed by atoms with E-state index in [1.165, 1.54) is 0 Å². The number of nitrogen functional groups attached to an aromatic ring is 1. The van der Waals surface area contributed by atoms with E-state index in [-0.39, 0.29) is 0 Å². The van der Waals surface area contributed by atoms with Gasteiger partial charge in [-0.05, 0) is 30.3 Å². The Kier molecular flexibility index (Phi) is 3.05. The van der Waals surface area contributed by atoms with Crippen LogP contribution in [0.3, 0.4) is 0 Å². The van der Waals surface area contributed by atoms with Crippen LogP contribution in [0.25, 0.3) is 11.0 Å². The summed E-state index contributed by atoms with van der Waals surface area (Å²) in [6.07, 6.45) is 1.67. The van der Waals surface area contributed by atoms with Crippen molar-refractivity contribution in [2.45, 2.75) is 6.61 Å². The molecule has 0 atom stereocenters. The van der Waals surface area contributed by atoms with Crippen LogP contribution in [0.5, 0.6) is 5.75 Å². The van der Waals surface area contributed by atoms with Crippen LogP contribution < -0.4 is 10.5 Å². The van der Waals surface area contributed by atoms with E-state index in [1.807, 2.05) is 30.3 Å². The molecule has 0 radical (unpaired) electrons. The van der Waals surface area contributed by atoms with Gasteiger partial charge in [0.2, 0.25) is 0 Å². The van der Waals surface area contributed by atoms with Gasteiger partial charge in [-0.1, -0.05) is 23.7 Å². The lowest BCUT2D eigenvalue weighted by molar-refractivity contribution is 0.306. The largest absolute Gasteiger partial charge is 0.489 e. The fourth-order valence-corrected chi connectivity index (χ4v) is 2.19. The first-order valence-electron chi connectivity index (χ1n) is 5.87. The number of hydrogen-bond acceptors (Lipinski definition) is 3. The summed E-state index contributed by atoms with van der Waals surface area (Å²) < 4.78 is 11.2. The second kappa shape index (κ2) is 4.86. The maximum atomic E-state index is 5.96. The van der Waals surface area contributed by atoms with Crippen molar-refractivity contribution in [3.05, 3.63) is 59.3 Å². The number of rotatable bonds is 3. The molecule has 3 aromatic rings. The lowest BCUT2D eigenvalue weighted by Crippen LogP contribution is -1.95. The summed E-state index contributed by atoms with van der Waals surface area (Å²) in [5, 5.41) is 1.55. The molecular formula is C15H12ClNO2. The van der Waals surface area contributed by atoms with Crippen LogP contribution in [-0.2, 0) is 6.61 Å². The van der Waals surface area contributed by atoms with Gasteiger partial charge in [-0.15, -0.1) is 0 Å². The van der Waals surface area contributed by atoms with Crippen molar-refractivity contribution in [2.75, 3.05) is 5.73 Å². The molecule has 19 heavy (non-hydrogen) atoms. The summed E-state index contributed by atoms with van der Waals surface area (Å²) in [4.78, 5) is 0. The highest BCUT2D eigenvalue weighted by atomic mass is 35.5. The predicted octanol–water partition coefficient (Wildman–Crippen LogP) is 4.25. The van der Waals surface area contributed by atoms with Gasteiger partial charge in [-0.3, -0.25) is 0 Å². The quantitative estimate of drug-likeness (QED) is 0.726. The van der Waals surface area contributed by atoms with Crippen molar-refractivity contribution in [2.24, 2.45) is 0 Å². The second-order valence-corrected chi connectivity index (χ2v) is 4.66. The molecule has 0 saturated carbocycles. The van der Waals surface area contributed by atoms with E-state index >= 15 is 0 Å². The van der Waals surface area contributed by atoms with E-state index in [0.29, 0.717) is 17.3 Å². The molecule has 0 unspecified atom stereocenters. The molecule has 0 aliphatic heterocycles. The molecule has 0 aliphatic rings. The minimum Gasteiger partial charge on any atom is -0.489 e. The van der Waals surface area contributed by atoms with E-state index < -0.39 is 0 Å². The van der Waals surface area contributed by atoms with Crippen LogP contribution in [-0.4, -0.2) is 0 Å². The maximum absolute atomic E-state index is 5.96. The van der Waals surface area contributed by atoms with Crippen LogP contribution in [0.4, 0.5) is 5.69 Å². The number of benzene rings is 2. The smallest absolute Gasteiger partial charge is 0.136 e. The minimum atomic E-state index is 0.390. The highest BCUT2D eigenvalue weighted by molar-refractivity contribution is 6.30. The van der Waals surface area contributed by atoms with E-state index in [0.717, 1.165) is 22.3 Å². The molecule has 96 valence electrons. The normalized spacial score (nSPS) is 10.8. The zero-order chi connectivity index (χ0) is 13.2. The van der Waals surface area contributed by atoms with Gasteiger partial charge < -0.3 is 14.9 Å². The molecule has 3 rings (SSSR count). The first-order valence-corrected chi connectivity index (χ1v) is 6.25. The Morgan fingerprint density at radius 2 is 2.00 bits per heavy atom. The summed E-state index contributed by atoms with van der Waals surface area (Å²) in [7, 11) is 0.